The van der Waals surface area contributed by atoms with Crippen molar-refractivity contribution in [2.45, 2.75) is 19.9 Å². The molecular weight excluding hydrogens is 244 g/mol. The van der Waals surface area contributed by atoms with Gasteiger partial charge in [-0.1, -0.05) is 13.8 Å². The second kappa shape index (κ2) is 4.38. The van der Waals surface area contributed by atoms with Crippen LogP contribution in [0.5, 0.6) is 0 Å². The van der Waals surface area contributed by atoms with Gasteiger partial charge in [0.05, 0.1) is 0 Å². The molecular formula is C10H15BrN2O. The highest BCUT2D eigenvalue weighted by Crippen LogP contribution is 2.30. The van der Waals surface area contributed by atoms with E-state index in [1.54, 1.807) is 12.4 Å². The normalized spacial score (nSPS) is 14.1. The van der Waals surface area contributed by atoms with Crippen molar-refractivity contribution in [2.75, 3.05) is 6.61 Å². The van der Waals surface area contributed by atoms with E-state index in [1.807, 2.05) is 19.9 Å². The molecule has 1 atom stereocenters. The molecule has 78 valence electrons. The van der Waals surface area contributed by atoms with E-state index in [9.17, 15) is 5.11 Å². The molecule has 14 heavy (non-hydrogen) atoms. The molecule has 1 rings (SSSR count). The van der Waals surface area contributed by atoms with E-state index in [0.717, 1.165) is 10.0 Å². The standard InChI is InChI=1S/C10H15BrN2O/c1-10(2,6-14)9(12)7-3-8(11)5-13-4-7/h3-5,9,14H,6,12H2,1-2H3/t9-/m1/s1. The number of aromatic nitrogens is 1. The molecule has 0 fully saturated rings. The molecule has 0 unspecified atom stereocenters. The average Bonchev–Trinajstić information content (AvgIpc) is 2.16. The number of hydrogen-bond donors (Lipinski definition) is 2. The zero-order chi connectivity index (χ0) is 10.8. The van der Waals surface area contributed by atoms with Gasteiger partial charge in [0.15, 0.2) is 0 Å². The summed E-state index contributed by atoms with van der Waals surface area (Å²) in [5.74, 6) is 0. The maximum Gasteiger partial charge on any atom is 0.0500 e. The summed E-state index contributed by atoms with van der Waals surface area (Å²) in [4.78, 5) is 4.04. The molecule has 1 aromatic heterocycles. The van der Waals surface area contributed by atoms with Gasteiger partial charge in [-0.2, -0.15) is 0 Å². The Hall–Kier alpha value is -0.450. The number of halogens is 1. The van der Waals surface area contributed by atoms with E-state index in [-0.39, 0.29) is 18.1 Å². The van der Waals surface area contributed by atoms with Crippen molar-refractivity contribution in [3.63, 3.8) is 0 Å². The Labute approximate surface area is 92.5 Å². The summed E-state index contributed by atoms with van der Waals surface area (Å²) in [6, 6.07) is 1.72. The Kier molecular flexibility index (Phi) is 3.64. The largest absolute Gasteiger partial charge is 0.396 e. The minimum Gasteiger partial charge on any atom is -0.396 e. The molecule has 4 heteroatoms. The third kappa shape index (κ3) is 2.53. The summed E-state index contributed by atoms with van der Waals surface area (Å²) >= 11 is 3.34. The quantitative estimate of drug-likeness (QED) is 0.871. The Bertz CT molecular complexity index is 315. The molecule has 1 heterocycles. The van der Waals surface area contributed by atoms with Gasteiger partial charge in [-0.25, -0.2) is 0 Å². The van der Waals surface area contributed by atoms with Crippen LogP contribution in [0.25, 0.3) is 0 Å². The van der Waals surface area contributed by atoms with Crippen molar-refractivity contribution >= 4 is 15.9 Å². The second-order valence-electron chi connectivity index (χ2n) is 4.06. The van der Waals surface area contributed by atoms with Crippen molar-refractivity contribution in [3.8, 4) is 0 Å². The fourth-order valence-electron chi connectivity index (χ4n) is 1.15. The molecule has 0 saturated carbocycles. The highest BCUT2D eigenvalue weighted by Gasteiger charge is 2.27. The Morgan fingerprint density at radius 1 is 1.57 bits per heavy atom. The lowest BCUT2D eigenvalue weighted by Gasteiger charge is -2.29. The van der Waals surface area contributed by atoms with Gasteiger partial charge in [0.2, 0.25) is 0 Å². The van der Waals surface area contributed by atoms with Crippen LogP contribution >= 0.6 is 15.9 Å². The molecule has 0 amide bonds. The second-order valence-corrected chi connectivity index (χ2v) is 4.98. The lowest BCUT2D eigenvalue weighted by atomic mass is 9.82. The lowest BCUT2D eigenvalue weighted by molar-refractivity contribution is 0.132. The zero-order valence-corrected chi connectivity index (χ0v) is 9.95. The van der Waals surface area contributed by atoms with Crippen LogP contribution in [0.1, 0.15) is 25.5 Å². The number of aliphatic hydroxyl groups excluding tert-OH is 1. The SMILES string of the molecule is CC(C)(CO)[C@H](N)c1cncc(Br)c1. The first kappa shape index (κ1) is 11.6. The van der Waals surface area contributed by atoms with Gasteiger partial charge >= 0.3 is 0 Å². The van der Waals surface area contributed by atoms with Crippen LogP contribution < -0.4 is 5.73 Å². The molecule has 0 spiro atoms. The smallest absolute Gasteiger partial charge is 0.0500 e. The number of nitrogens with zero attached hydrogens (tertiary/aromatic N) is 1. The summed E-state index contributed by atoms with van der Waals surface area (Å²) in [6.07, 6.45) is 3.44. The van der Waals surface area contributed by atoms with Gasteiger partial charge in [0, 0.05) is 34.9 Å². The molecule has 1 aromatic rings. The highest BCUT2D eigenvalue weighted by molar-refractivity contribution is 9.10. The third-order valence-corrected chi connectivity index (χ3v) is 2.77. The molecule has 0 aliphatic rings. The van der Waals surface area contributed by atoms with Crippen LogP contribution in [0, 0.1) is 5.41 Å². The Balaban J connectivity index is 2.94. The maximum absolute atomic E-state index is 9.18. The molecule has 3 N–H and O–H groups in total. The number of hydrogen-bond acceptors (Lipinski definition) is 3. The van der Waals surface area contributed by atoms with E-state index in [1.165, 1.54) is 0 Å². The fourth-order valence-corrected chi connectivity index (χ4v) is 1.53. The van der Waals surface area contributed by atoms with Gasteiger partial charge in [-0.15, -0.1) is 0 Å². The molecule has 3 nitrogen and oxygen atoms in total. The van der Waals surface area contributed by atoms with Crippen LogP contribution in [0.2, 0.25) is 0 Å². The van der Waals surface area contributed by atoms with Crippen molar-refractivity contribution in [1.82, 2.24) is 4.98 Å². The van der Waals surface area contributed by atoms with E-state index in [0.29, 0.717) is 0 Å². The minimum atomic E-state index is -0.331. The summed E-state index contributed by atoms with van der Waals surface area (Å²) < 4.78 is 0.902. The van der Waals surface area contributed by atoms with Gasteiger partial charge < -0.3 is 10.8 Å². The van der Waals surface area contributed by atoms with Gasteiger partial charge in [0.25, 0.3) is 0 Å². The first-order chi connectivity index (χ1) is 6.47. The number of aliphatic hydroxyl groups is 1. The topological polar surface area (TPSA) is 59.1 Å². The van der Waals surface area contributed by atoms with Crippen LogP contribution in [-0.4, -0.2) is 16.7 Å². The lowest BCUT2D eigenvalue weighted by Crippen LogP contribution is -2.32. The zero-order valence-electron chi connectivity index (χ0n) is 8.37. The number of rotatable bonds is 3. The van der Waals surface area contributed by atoms with Gasteiger partial charge in [-0.3, -0.25) is 4.98 Å². The van der Waals surface area contributed by atoms with Crippen molar-refractivity contribution < 1.29 is 5.11 Å². The van der Waals surface area contributed by atoms with Crippen molar-refractivity contribution in [1.29, 1.82) is 0 Å². The van der Waals surface area contributed by atoms with Gasteiger partial charge in [-0.05, 0) is 27.6 Å². The fraction of sp³-hybridized carbons (Fsp3) is 0.500. The summed E-state index contributed by atoms with van der Waals surface area (Å²) in [6.45, 7) is 3.91. The summed E-state index contributed by atoms with van der Waals surface area (Å²) in [5, 5.41) is 9.18. The first-order valence-corrected chi connectivity index (χ1v) is 5.23. The Morgan fingerprint density at radius 2 is 2.21 bits per heavy atom. The summed E-state index contributed by atoms with van der Waals surface area (Å²) in [7, 11) is 0. The van der Waals surface area contributed by atoms with E-state index < -0.39 is 0 Å². The van der Waals surface area contributed by atoms with Gasteiger partial charge in [0.1, 0.15) is 0 Å². The van der Waals surface area contributed by atoms with Crippen LogP contribution in [-0.2, 0) is 0 Å². The average molecular weight is 259 g/mol. The predicted octanol–water partition coefficient (Wildman–Crippen LogP) is 1.86. The summed E-state index contributed by atoms with van der Waals surface area (Å²) in [5.41, 5.74) is 6.63. The first-order valence-electron chi connectivity index (χ1n) is 4.44. The van der Waals surface area contributed by atoms with Crippen LogP contribution in [0.4, 0.5) is 0 Å². The van der Waals surface area contributed by atoms with Crippen molar-refractivity contribution in [3.05, 3.63) is 28.5 Å². The molecule has 0 aromatic carbocycles. The Morgan fingerprint density at radius 3 is 2.71 bits per heavy atom. The number of nitrogens with two attached hydrogens (primary N) is 1. The van der Waals surface area contributed by atoms with Crippen LogP contribution in [0.3, 0.4) is 0 Å². The van der Waals surface area contributed by atoms with E-state index >= 15 is 0 Å². The molecule has 0 bridgehead atoms. The maximum atomic E-state index is 9.18. The predicted molar refractivity (Wildman–Crippen MR) is 59.7 cm³/mol. The van der Waals surface area contributed by atoms with Crippen molar-refractivity contribution in [2.24, 2.45) is 11.1 Å². The molecule has 0 aliphatic carbocycles. The molecule has 0 saturated heterocycles. The van der Waals surface area contributed by atoms with E-state index in [2.05, 4.69) is 20.9 Å². The third-order valence-electron chi connectivity index (χ3n) is 2.33. The van der Waals surface area contributed by atoms with Crippen LogP contribution in [0.15, 0.2) is 22.9 Å². The molecule has 0 radical (unpaired) electrons. The highest BCUT2D eigenvalue weighted by atomic mass is 79.9. The van der Waals surface area contributed by atoms with E-state index in [4.69, 9.17) is 5.73 Å². The monoisotopic (exact) mass is 258 g/mol. The number of pyridine rings is 1. The molecule has 0 aliphatic heterocycles. The minimum absolute atomic E-state index is 0.0562.